The summed E-state index contributed by atoms with van der Waals surface area (Å²) in [6.45, 7) is 5.35. The van der Waals surface area contributed by atoms with Gasteiger partial charge in [-0.3, -0.25) is 0 Å². The molecule has 1 aromatic rings. The Balaban J connectivity index is 1.85. The highest BCUT2D eigenvalue weighted by atomic mass is 16.5. The molecule has 2 rings (SSSR count). The Bertz CT molecular complexity index is 389. The largest absolute Gasteiger partial charge is 0.496 e. The number of benzene rings is 1. The van der Waals surface area contributed by atoms with E-state index in [1.165, 1.54) is 0 Å². The maximum absolute atomic E-state index is 10.3. The number of aliphatic hydroxyl groups excluding tert-OH is 1. The van der Waals surface area contributed by atoms with Crippen LogP contribution in [0.1, 0.15) is 18.1 Å². The van der Waals surface area contributed by atoms with Crippen LogP contribution in [-0.2, 0) is 0 Å². The van der Waals surface area contributed by atoms with Crippen LogP contribution >= 0.6 is 0 Å². The van der Waals surface area contributed by atoms with Crippen molar-refractivity contribution in [2.75, 3.05) is 46.9 Å². The summed E-state index contributed by atoms with van der Waals surface area (Å²) in [6, 6.07) is 7.70. The van der Waals surface area contributed by atoms with Crippen LogP contribution in [0.5, 0.6) is 5.75 Å². The molecule has 1 fully saturated rings. The molecule has 1 saturated heterocycles. The van der Waals surface area contributed by atoms with E-state index in [-0.39, 0.29) is 0 Å². The molecule has 19 heavy (non-hydrogen) atoms. The lowest BCUT2D eigenvalue weighted by Crippen LogP contribution is -2.44. The van der Waals surface area contributed by atoms with E-state index in [9.17, 15) is 5.11 Å². The van der Waals surface area contributed by atoms with E-state index < -0.39 is 6.10 Å². The van der Waals surface area contributed by atoms with Crippen LogP contribution in [-0.4, -0.2) is 61.8 Å². The van der Waals surface area contributed by atoms with E-state index in [0.29, 0.717) is 0 Å². The fraction of sp³-hybridized carbons (Fsp3) is 0.600. The van der Waals surface area contributed by atoms with Gasteiger partial charge in [-0.15, -0.1) is 0 Å². The van der Waals surface area contributed by atoms with Crippen molar-refractivity contribution in [3.05, 3.63) is 29.8 Å². The van der Waals surface area contributed by atoms with Gasteiger partial charge in [-0.1, -0.05) is 18.2 Å². The predicted octanol–water partition coefficient (Wildman–Crippen LogP) is 1.37. The molecule has 0 amide bonds. The summed E-state index contributed by atoms with van der Waals surface area (Å²) in [5, 5.41) is 10.3. The van der Waals surface area contributed by atoms with E-state index in [2.05, 4.69) is 16.8 Å². The van der Waals surface area contributed by atoms with Crippen LogP contribution in [0.15, 0.2) is 24.3 Å². The summed E-state index contributed by atoms with van der Waals surface area (Å²) in [5.41, 5.74) is 0.888. The first-order valence-corrected chi connectivity index (χ1v) is 6.92. The zero-order valence-corrected chi connectivity index (χ0v) is 11.9. The van der Waals surface area contributed by atoms with Gasteiger partial charge in [0.2, 0.25) is 0 Å². The molecule has 0 aromatic heterocycles. The maximum atomic E-state index is 10.3. The van der Waals surface area contributed by atoms with E-state index >= 15 is 0 Å². The summed E-state index contributed by atoms with van der Waals surface area (Å²) in [7, 11) is 3.80. The molecule has 1 aliphatic rings. The molecular formula is C15H24N2O2. The molecular weight excluding hydrogens is 240 g/mol. The predicted molar refractivity (Wildman–Crippen MR) is 76.5 cm³/mol. The third-order valence-corrected chi connectivity index (χ3v) is 3.81. The zero-order chi connectivity index (χ0) is 13.7. The molecule has 1 aliphatic heterocycles. The van der Waals surface area contributed by atoms with Crippen molar-refractivity contribution in [2.45, 2.75) is 12.5 Å². The second kappa shape index (κ2) is 6.89. The van der Waals surface area contributed by atoms with Gasteiger partial charge in [-0.05, 0) is 19.5 Å². The van der Waals surface area contributed by atoms with Crippen molar-refractivity contribution >= 4 is 0 Å². The fourth-order valence-corrected chi connectivity index (χ4v) is 2.47. The number of hydrogen-bond donors (Lipinski definition) is 1. The topological polar surface area (TPSA) is 35.9 Å². The second-order valence-electron chi connectivity index (χ2n) is 5.19. The Morgan fingerprint density at radius 2 is 1.89 bits per heavy atom. The van der Waals surface area contributed by atoms with Crippen molar-refractivity contribution < 1.29 is 9.84 Å². The van der Waals surface area contributed by atoms with Gasteiger partial charge in [0.25, 0.3) is 0 Å². The van der Waals surface area contributed by atoms with Crippen molar-refractivity contribution in [3.63, 3.8) is 0 Å². The van der Waals surface area contributed by atoms with Crippen LogP contribution in [0.3, 0.4) is 0 Å². The molecule has 1 aromatic carbocycles. The van der Waals surface area contributed by atoms with Crippen LogP contribution < -0.4 is 4.74 Å². The summed E-state index contributed by atoms with van der Waals surface area (Å²) < 4.78 is 5.29. The van der Waals surface area contributed by atoms with Gasteiger partial charge in [-0.2, -0.15) is 0 Å². The van der Waals surface area contributed by atoms with E-state index in [1.807, 2.05) is 24.3 Å². The van der Waals surface area contributed by atoms with E-state index in [0.717, 1.165) is 50.5 Å². The fourth-order valence-electron chi connectivity index (χ4n) is 2.47. The average molecular weight is 264 g/mol. The minimum absolute atomic E-state index is 0.448. The second-order valence-corrected chi connectivity index (χ2v) is 5.19. The van der Waals surface area contributed by atoms with Crippen LogP contribution in [0.25, 0.3) is 0 Å². The molecule has 0 bridgehead atoms. The lowest BCUT2D eigenvalue weighted by molar-refractivity contribution is 0.111. The highest BCUT2D eigenvalue weighted by molar-refractivity contribution is 5.34. The first-order chi connectivity index (χ1) is 9.20. The number of aliphatic hydroxyl groups is 1. The van der Waals surface area contributed by atoms with Gasteiger partial charge in [0.1, 0.15) is 5.75 Å². The highest BCUT2D eigenvalue weighted by Gasteiger charge is 2.17. The molecule has 106 valence electrons. The zero-order valence-electron chi connectivity index (χ0n) is 11.9. The van der Waals surface area contributed by atoms with Crippen LogP contribution in [0.4, 0.5) is 0 Å². The Hall–Kier alpha value is -1.10. The van der Waals surface area contributed by atoms with Crippen molar-refractivity contribution in [2.24, 2.45) is 0 Å². The number of likely N-dealkylation sites (N-methyl/N-ethyl adjacent to an activating group) is 1. The molecule has 4 nitrogen and oxygen atoms in total. The van der Waals surface area contributed by atoms with Gasteiger partial charge >= 0.3 is 0 Å². The number of para-hydroxylation sites is 1. The minimum atomic E-state index is -0.448. The third kappa shape index (κ3) is 3.93. The van der Waals surface area contributed by atoms with Crippen molar-refractivity contribution in [1.29, 1.82) is 0 Å². The lowest BCUT2D eigenvalue weighted by atomic mass is 10.1. The van der Waals surface area contributed by atoms with Crippen LogP contribution in [0.2, 0.25) is 0 Å². The Kier molecular flexibility index (Phi) is 5.19. The molecule has 0 saturated carbocycles. The molecule has 1 N–H and O–H groups in total. The summed E-state index contributed by atoms with van der Waals surface area (Å²) in [5.74, 6) is 0.772. The molecule has 0 spiro atoms. The van der Waals surface area contributed by atoms with E-state index in [1.54, 1.807) is 7.11 Å². The summed E-state index contributed by atoms with van der Waals surface area (Å²) in [6.07, 6.45) is 0.306. The van der Waals surface area contributed by atoms with Gasteiger partial charge in [0.05, 0.1) is 13.2 Å². The minimum Gasteiger partial charge on any atom is -0.496 e. The number of rotatable bonds is 5. The number of hydrogen-bond acceptors (Lipinski definition) is 4. The van der Waals surface area contributed by atoms with Gasteiger partial charge in [0, 0.05) is 38.3 Å². The Morgan fingerprint density at radius 3 is 2.58 bits per heavy atom. The maximum Gasteiger partial charge on any atom is 0.124 e. The molecule has 4 heteroatoms. The first-order valence-electron chi connectivity index (χ1n) is 6.92. The van der Waals surface area contributed by atoms with Crippen molar-refractivity contribution in [3.8, 4) is 5.75 Å². The third-order valence-electron chi connectivity index (χ3n) is 3.81. The standard InChI is InChI=1S/C15H24N2O2/c1-16-9-11-17(12-10-16)8-7-14(18)13-5-3-4-6-15(13)19-2/h3-6,14,18H,7-12H2,1-2H3. The van der Waals surface area contributed by atoms with Gasteiger partial charge in [0.15, 0.2) is 0 Å². The first kappa shape index (κ1) is 14.3. The molecule has 0 aliphatic carbocycles. The Morgan fingerprint density at radius 1 is 1.21 bits per heavy atom. The SMILES string of the molecule is COc1ccccc1C(O)CCN1CCN(C)CC1. The number of nitrogens with zero attached hydrogens (tertiary/aromatic N) is 2. The van der Waals surface area contributed by atoms with Gasteiger partial charge in [-0.25, -0.2) is 0 Å². The molecule has 0 radical (unpaired) electrons. The van der Waals surface area contributed by atoms with Crippen molar-refractivity contribution in [1.82, 2.24) is 9.80 Å². The van der Waals surface area contributed by atoms with Crippen LogP contribution in [0, 0.1) is 0 Å². The smallest absolute Gasteiger partial charge is 0.124 e. The number of piperazine rings is 1. The number of methoxy groups -OCH3 is 1. The molecule has 1 atom stereocenters. The molecule has 1 heterocycles. The summed E-state index contributed by atoms with van der Waals surface area (Å²) >= 11 is 0. The summed E-state index contributed by atoms with van der Waals surface area (Å²) in [4.78, 5) is 4.76. The number of ether oxygens (including phenoxy) is 1. The van der Waals surface area contributed by atoms with Gasteiger partial charge < -0.3 is 19.6 Å². The molecule has 1 unspecified atom stereocenters. The monoisotopic (exact) mass is 264 g/mol. The highest BCUT2D eigenvalue weighted by Crippen LogP contribution is 2.26. The van der Waals surface area contributed by atoms with E-state index in [4.69, 9.17) is 4.74 Å². The Labute approximate surface area is 115 Å². The quantitative estimate of drug-likeness (QED) is 0.871. The lowest BCUT2D eigenvalue weighted by Gasteiger charge is -2.32. The average Bonchev–Trinajstić information content (AvgIpc) is 2.46. The normalized spacial score (nSPS) is 19.3.